The number of esters is 1. The van der Waals surface area contributed by atoms with Crippen molar-refractivity contribution in [3.05, 3.63) is 71.3 Å². The normalized spacial score (nSPS) is 13.6. The molecule has 20 heavy (non-hydrogen) atoms. The number of hydrogen-bond donors (Lipinski definition) is 0. The highest BCUT2D eigenvalue weighted by Crippen LogP contribution is 2.30. The second-order valence-corrected chi connectivity index (χ2v) is 5.12. The van der Waals surface area contributed by atoms with Crippen molar-refractivity contribution in [2.24, 2.45) is 0 Å². The van der Waals surface area contributed by atoms with E-state index in [0.717, 1.165) is 16.7 Å². The van der Waals surface area contributed by atoms with Gasteiger partial charge in [-0.15, -0.1) is 11.6 Å². The van der Waals surface area contributed by atoms with Crippen LogP contribution in [0.1, 0.15) is 34.9 Å². The molecule has 0 aliphatic carbocycles. The highest BCUT2D eigenvalue weighted by atomic mass is 35.5. The van der Waals surface area contributed by atoms with E-state index in [1.54, 1.807) is 0 Å². The van der Waals surface area contributed by atoms with Crippen LogP contribution in [0.25, 0.3) is 0 Å². The average molecular weight is 289 g/mol. The van der Waals surface area contributed by atoms with Crippen LogP contribution in [-0.2, 0) is 9.53 Å². The van der Waals surface area contributed by atoms with Crippen molar-refractivity contribution >= 4 is 17.6 Å². The lowest BCUT2D eigenvalue weighted by molar-refractivity contribution is -0.141. The maximum atomic E-state index is 11.6. The predicted octanol–water partition coefficient (Wildman–Crippen LogP) is 4.29. The van der Waals surface area contributed by atoms with E-state index in [1.807, 2.05) is 61.5 Å². The summed E-state index contributed by atoms with van der Waals surface area (Å²) in [6.45, 7) is 1.83. The van der Waals surface area contributed by atoms with Crippen LogP contribution in [0, 0.1) is 0 Å². The maximum Gasteiger partial charge on any atom is 0.312 e. The minimum Gasteiger partial charge on any atom is -0.469 e. The summed E-state index contributed by atoms with van der Waals surface area (Å²) >= 11 is 6.51. The van der Waals surface area contributed by atoms with Gasteiger partial charge < -0.3 is 4.74 Å². The second kappa shape index (κ2) is 6.58. The molecule has 2 atom stereocenters. The molecular formula is C17H17ClO2. The van der Waals surface area contributed by atoms with E-state index in [0.29, 0.717) is 0 Å². The Morgan fingerprint density at radius 2 is 1.60 bits per heavy atom. The van der Waals surface area contributed by atoms with Crippen LogP contribution < -0.4 is 0 Å². The van der Waals surface area contributed by atoms with Gasteiger partial charge in [0.15, 0.2) is 0 Å². The number of ether oxygens (including phenoxy) is 1. The summed E-state index contributed by atoms with van der Waals surface area (Å²) in [6.07, 6.45) is 0. The number of halogens is 1. The van der Waals surface area contributed by atoms with Crippen LogP contribution in [0.5, 0.6) is 0 Å². The number of methoxy groups -OCH3 is 1. The van der Waals surface area contributed by atoms with Crippen LogP contribution in [0.15, 0.2) is 54.6 Å². The van der Waals surface area contributed by atoms with E-state index in [9.17, 15) is 4.79 Å². The molecule has 0 saturated heterocycles. The summed E-state index contributed by atoms with van der Waals surface area (Å²) in [7, 11) is 1.40. The molecule has 104 valence electrons. The SMILES string of the molecule is COC(=O)C(C)c1cccc(C(Cl)c2ccccc2)c1. The number of carbonyl (C=O) groups is 1. The molecule has 0 bridgehead atoms. The van der Waals surface area contributed by atoms with Gasteiger partial charge >= 0.3 is 5.97 Å². The van der Waals surface area contributed by atoms with Gasteiger partial charge in [-0.1, -0.05) is 54.6 Å². The highest BCUT2D eigenvalue weighted by molar-refractivity contribution is 6.22. The number of alkyl halides is 1. The molecule has 0 N–H and O–H groups in total. The van der Waals surface area contributed by atoms with Crippen LogP contribution in [0.3, 0.4) is 0 Å². The number of benzene rings is 2. The molecule has 2 aromatic carbocycles. The Labute approximate surface area is 124 Å². The highest BCUT2D eigenvalue weighted by Gasteiger charge is 2.17. The Kier molecular flexibility index (Phi) is 4.80. The molecule has 2 aromatic rings. The molecule has 0 spiro atoms. The van der Waals surface area contributed by atoms with Gasteiger partial charge in [-0.2, -0.15) is 0 Å². The summed E-state index contributed by atoms with van der Waals surface area (Å²) in [4.78, 5) is 11.6. The van der Waals surface area contributed by atoms with Crippen LogP contribution in [0.2, 0.25) is 0 Å². The quantitative estimate of drug-likeness (QED) is 0.620. The standard InChI is InChI=1S/C17H17ClO2/c1-12(17(19)20-2)14-9-6-10-15(11-14)16(18)13-7-4-3-5-8-13/h3-12,16H,1-2H3. The first-order chi connectivity index (χ1) is 9.63. The van der Waals surface area contributed by atoms with Crippen molar-refractivity contribution in [2.75, 3.05) is 7.11 Å². The molecule has 0 radical (unpaired) electrons. The van der Waals surface area contributed by atoms with Crippen LogP contribution >= 0.6 is 11.6 Å². The second-order valence-electron chi connectivity index (χ2n) is 4.69. The molecule has 0 amide bonds. The van der Waals surface area contributed by atoms with E-state index in [-0.39, 0.29) is 17.3 Å². The number of rotatable bonds is 4. The first kappa shape index (κ1) is 14.6. The predicted molar refractivity (Wildman–Crippen MR) is 81.0 cm³/mol. The first-order valence-corrected chi connectivity index (χ1v) is 6.94. The minimum atomic E-state index is -0.292. The van der Waals surface area contributed by atoms with Gasteiger partial charge in [0.2, 0.25) is 0 Å². The van der Waals surface area contributed by atoms with Gasteiger partial charge in [-0.25, -0.2) is 0 Å². The Balaban J connectivity index is 2.28. The maximum absolute atomic E-state index is 11.6. The van der Waals surface area contributed by atoms with E-state index in [4.69, 9.17) is 16.3 Å². The Hall–Kier alpha value is -1.80. The van der Waals surface area contributed by atoms with Gasteiger partial charge in [0.05, 0.1) is 18.4 Å². The molecule has 0 saturated carbocycles. The monoisotopic (exact) mass is 288 g/mol. The van der Waals surface area contributed by atoms with Crippen molar-refractivity contribution in [1.29, 1.82) is 0 Å². The van der Waals surface area contributed by atoms with Gasteiger partial charge in [0.1, 0.15) is 0 Å². The smallest absolute Gasteiger partial charge is 0.312 e. The molecule has 3 heteroatoms. The lowest BCUT2D eigenvalue weighted by Gasteiger charge is -2.14. The number of carbonyl (C=O) groups excluding carboxylic acids is 1. The third kappa shape index (κ3) is 3.20. The van der Waals surface area contributed by atoms with Crippen LogP contribution in [0.4, 0.5) is 0 Å². The molecule has 2 unspecified atom stereocenters. The van der Waals surface area contributed by atoms with E-state index in [2.05, 4.69) is 0 Å². The average Bonchev–Trinajstić information content (AvgIpc) is 2.53. The Bertz CT molecular complexity index is 581. The van der Waals surface area contributed by atoms with Crippen molar-refractivity contribution in [1.82, 2.24) is 0 Å². The molecule has 0 aliphatic heterocycles. The van der Waals surface area contributed by atoms with Gasteiger partial charge in [-0.05, 0) is 23.6 Å². The molecule has 2 nitrogen and oxygen atoms in total. The lowest BCUT2D eigenvalue weighted by atomic mass is 9.96. The third-order valence-corrected chi connectivity index (χ3v) is 3.85. The van der Waals surface area contributed by atoms with E-state index >= 15 is 0 Å². The summed E-state index contributed by atoms with van der Waals surface area (Å²) in [6, 6.07) is 17.6. The van der Waals surface area contributed by atoms with E-state index in [1.165, 1.54) is 7.11 Å². The Morgan fingerprint density at radius 1 is 1.00 bits per heavy atom. The molecule has 0 aromatic heterocycles. The molecule has 0 heterocycles. The summed E-state index contributed by atoms with van der Waals surface area (Å²) in [5.41, 5.74) is 2.93. The zero-order valence-corrected chi connectivity index (χ0v) is 12.3. The fourth-order valence-corrected chi connectivity index (χ4v) is 2.39. The summed E-state index contributed by atoms with van der Waals surface area (Å²) in [5.74, 6) is -0.535. The topological polar surface area (TPSA) is 26.3 Å². The molecular weight excluding hydrogens is 272 g/mol. The molecule has 0 fully saturated rings. The minimum absolute atomic E-state index is 0.221. The zero-order valence-electron chi connectivity index (χ0n) is 11.5. The van der Waals surface area contributed by atoms with Gasteiger partial charge in [0, 0.05) is 0 Å². The summed E-state index contributed by atoms with van der Waals surface area (Å²) in [5, 5.41) is -0.221. The van der Waals surface area contributed by atoms with Crippen molar-refractivity contribution in [2.45, 2.75) is 18.2 Å². The lowest BCUT2D eigenvalue weighted by Crippen LogP contribution is -2.11. The fourth-order valence-electron chi connectivity index (χ4n) is 2.11. The van der Waals surface area contributed by atoms with Crippen molar-refractivity contribution < 1.29 is 9.53 Å². The molecule has 0 aliphatic rings. The summed E-state index contributed by atoms with van der Waals surface area (Å²) < 4.78 is 4.78. The van der Waals surface area contributed by atoms with Gasteiger partial charge in [0.25, 0.3) is 0 Å². The first-order valence-electron chi connectivity index (χ1n) is 6.50. The number of hydrogen-bond acceptors (Lipinski definition) is 2. The fraction of sp³-hybridized carbons (Fsp3) is 0.235. The molecule has 2 rings (SSSR count). The van der Waals surface area contributed by atoms with E-state index < -0.39 is 0 Å². The third-order valence-electron chi connectivity index (χ3n) is 3.35. The zero-order chi connectivity index (χ0) is 14.5. The van der Waals surface area contributed by atoms with Gasteiger partial charge in [-0.3, -0.25) is 4.79 Å². The van der Waals surface area contributed by atoms with Crippen LogP contribution in [-0.4, -0.2) is 13.1 Å². The van der Waals surface area contributed by atoms with Crippen molar-refractivity contribution in [3.63, 3.8) is 0 Å². The Morgan fingerprint density at radius 3 is 2.25 bits per heavy atom. The largest absolute Gasteiger partial charge is 0.469 e. The van der Waals surface area contributed by atoms with Crippen molar-refractivity contribution in [3.8, 4) is 0 Å².